The van der Waals surface area contributed by atoms with Gasteiger partial charge in [-0.05, 0) is 24.6 Å². The van der Waals surface area contributed by atoms with Crippen LogP contribution in [-0.2, 0) is 6.54 Å². The normalized spacial score (nSPS) is 21.8. The Balaban J connectivity index is 1.90. The van der Waals surface area contributed by atoms with E-state index in [-0.39, 0.29) is 5.75 Å². The van der Waals surface area contributed by atoms with E-state index in [0.717, 1.165) is 18.7 Å². The number of benzene rings is 1. The Hall–Kier alpha value is -1.44. The zero-order chi connectivity index (χ0) is 15.2. The fraction of sp³-hybridized carbons (Fsp3) is 0.571. The summed E-state index contributed by atoms with van der Waals surface area (Å²) >= 11 is 0. The van der Waals surface area contributed by atoms with Crippen molar-refractivity contribution in [2.24, 2.45) is 5.92 Å². The zero-order valence-corrected chi connectivity index (χ0v) is 12.2. The van der Waals surface area contributed by atoms with Crippen molar-refractivity contribution in [2.45, 2.75) is 26.1 Å². The molecule has 5 nitrogen and oxygen atoms in total. The fourth-order valence-electron chi connectivity index (χ4n) is 2.32. The average molecular weight is 301 g/mol. The third-order valence-corrected chi connectivity index (χ3v) is 3.58. The molecule has 1 heterocycles. The smallest absolute Gasteiger partial charge is 0.387 e. The van der Waals surface area contributed by atoms with Gasteiger partial charge < -0.3 is 14.8 Å². The summed E-state index contributed by atoms with van der Waals surface area (Å²) in [6.45, 7) is 1.61. The van der Waals surface area contributed by atoms with Crippen molar-refractivity contribution in [1.29, 1.82) is 0 Å². The molecule has 0 saturated carbocycles. The molecule has 21 heavy (non-hydrogen) atoms. The van der Waals surface area contributed by atoms with Gasteiger partial charge in [0, 0.05) is 31.6 Å². The van der Waals surface area contributed by atoms with Gasteiger partial charge in [0.15, 0.2) is 11.5 Å². The van der Waals surface area contributed by atoms with Gasteiger partial charge in [-0.25, -0.2) is 0 Å². The highest BCUT2D eigenvalue weighted by Crippen LogP contribution is 2.29. The molecule has 0 aliphatic carbocycles. The van der Waals surface area contributed by atoms with Crippen LogP contribution in [-0.4, -0.2) is 32.9 Å². The summed E-state index contributed by atoms with van der Waals surface area (Å²) in [4.78, 5) is 0. The molecule has 7 heteroatoms. The lowest BCUT2D eigenvalue weighted by Crippen LogP contribution is -2.32. The number of nitrogens with one attached hydrogen (secondary N) is 3. The lowest BCUT2D eigenvalue weighted by Gasteiger charge is -2.15. The first kappa shape index (κ1) is 15.9. The summed E-state index contributed by atoms with van der Waals surface area (Å²) in [6.07, 6.45) is 0. The van der Waals surface area contributed by atoms with E-state index in [1.165, 1.54) is 7.11 Å². The van der Waals surface area contributed by atoms with Crippen LogP contribution in [0.3, 0.4) is 0 Å². The highest BCUT2D eigenvalue weighted by Gasteiger charge is 2.21. The quantitative estimate of drug-likeness (QED) is 0.712. The van der Waals surface area contributed by atoms with E-state index in [1.54, 1.807) is 12.1 Å². The molecule has 0 radical (unpaired) electrons. The second-order valence-electron chi connectivity index (χ2n) is 5.07. The van der Waals surface area contributed by atoms with Crippen LogP contribution in [0, 0.1) is 5.92 Å². The molecule has 1 aliphatic heterocycles. The molecule has 0 bridgehead atoms. The molecular weight excluding hydrogens is 280 g/mol. The maximum absolute atomic E-state index is 12.4. The van der Waals surface area contributed by atoms with Gasteiger partial charge in [0.1, 0.15) is 0 Å². The van der Waals surface area contributed by atoms with Crippen molar-refractivity contribution in [3.05, 3.63) is 23.8 Å². The summed E-state index contributed by atoms with van der Waals surface area (Å²) in [5, 5.41) is 3.33. The minimum atomic E-state index is -2.86. The highest BCUT2D eigenvalue weighted by molar-refractivity contribution is 5.42. The molecule has 1 saturated heterocycles. The fourth-order valence-corrected chi connectivity index (χ4v) is 2.32. The van der Waals surface area contributed by atoms with Crippen LogP contribution in [0.4, 0.5) is 8.78 Å². The highest BCUT2D eigenvalue weighted by atomic mass is 19.3. The summed E-state index contributed by atoms with van der Waals surface area (Å²) in [6, 6.07) is 5.45. The van der Waals surface area contributed by atoms with E-state index in [9.17, 15) is 8.78 Å². The SMILES string of the molecule is COc1ccc(CNCC2CNNC2C)cc1OC(F)F. The molecule has 1 aromatic rings. The van der Waals surface area contributed by atoms with Crippen molar-refractivity contribution < 1.29 is 18.3 Å². The molecular formula is C14H21F2N3O2. The third-order valence-electron chi connectivity index (χ3n) is 3.58. The number of hydrogen-bond donors (Lipinski definition) is 3. The van der Waals surface area contributed by atoms with E-state index in [4.69, 9.17) is 4.74 Å². The van der Waals surface area contributed by atoms with Crippen molar-refractivity contribution in [3.63, 3.8) is 0 Å². The second-order valence-corrected chi connectivity index (χ2v) is 5.07. The van der Waals surface area contributed by atoms with Gasteiger partial charge in [-0.1, -0.05) is 6.07 Å². The minimum absolute atomic E-state index is 0.0596. The molecule has 1 fully saturated rings. The van der Waals surface area contributed by atoms with Crippen LogP contribution in [0.1, 0.15) is 12.5 Å². The Labute approximate surface area is 123 Å². The second kappa shape index (κ2) is 7.53. The first-order chi connectivity index (χ1) is 10.1. The summed E-state index contributed by atoms with van der Waals surface area (Å²) < 4.78 is 34.2. The first-order valence-corrected chi connectivity index (χ1v) is 6.91. The molecule has 1 aliphatic rings. The predicted molar refractivity (Wildman–Crippen MR) is 75.4 cm³/mol. The average Bonchev–Trinajstić information content (AvgIpc) is 2.84. The molecule has 1 aromatic carbocycles. The van der Waals surface area contributed by atoms with Gasteiger partial charge in [-0.2, -0.15) is 8.78 Å². The van der Waals surface area contributed by atoms with Crippen LogP contribution >= 0.6 is 0 Å². The molecule has 2 unspecified atom stereocenters. The topological polar surface area (TPSA) is 54.5 Å². The minimum Gasteiger partial charge on any atom is -0.493 e. The molecule has 0 amide bonds. The van der Waals surface area contributed by atoms with E-state index in [2.05, 4.69) is 27.8 Å². The van der Waals surface area contributed by atoms with E-state index >= 15 is 0 Å². The molecule has 118 valence electrons. The Morgan fingerprint density at radius 3 is 2.81 bits per heavy atom. The van der Waals surface area contributed by atoms with Gasteiger partial charge in [-0.3, -0.25) is 10.9 Å². The van der Waals surface area contributed by atoms with Crippen LogP contribution in [0.15, 0.2) is 18.2 Å². The summed E-state index contributed by atoms with van der Waals surface area (Å²) in [5.74, 6) is 0.862. The van der Waals surface area contributed by atoms with Crippen molar-refractivity contribution in [1.82, 2.24) is 16.2 Å². The van der Waals surface area contributed by atoms with Crippen molar-refractivity contribution in [2.75, 3.05) is 20.2 Å². The Morgan fingerprint density at radius 1 is 1.38 bits per heavy atom. The Kier molecular flexibility index (Phi) is 5.72. The van der Waals surface area contributed by atoms with Crippen molar-refractivity contribution >= 4 is 0 Å². The Bertz CT molecular complexity index is 460. The van der Waals surface area contributed by atoms with Crippen LogP contribution in [0.5, 0.6) is 11.5 Å². The molecule has 3 N–H and O–H groups in total. The summed E-state index contributed by atoms with van der Waals surface area (Å²) in [5.41, 5.74) is 7.13. The largest absolute Gasteiger partial charge is 0.493 e. The maximum atomic E-state index is 12.4. The summed E-state index contributed by atoms with van der Waals surface area (Å²) in [7, 11) is 1.42. The van der Waals surface area contributed by atoms with Crippen LogP contribution in [0.2, 0.25) is 0 Å². The lowest BCUT2D eigenvalue weighted by molar-refractivity contribution is -0.0512. The van der Waals surface area contributed by atoms with E-state index < -0.39 is 6.61 Å². The van der Waals surface area contributed by atoms with Gasteiger partial charge >= 0.3 is 6.61 Å². The number of alkyl halides is 2. The standard InChI is InChI=1S/C14H21F2N3O2/c1-9-11(8-18-19-9)7-17-6-10-3-4-12(20-2)13(5-10)21-14(15)16/h3-5,9,11,14,17-19H,6-8H2,1-2H3. The number of ether oxygens (including phenoxy) is 2. The van der Waals surface area contributed by atoms with Crippen molar-refractivity contribution in [3.8, 4) is 11.5 Å². The Morgan fingerprint density at radius 2 is 2.19 bits per heavy atom. The lowest BCUT2D eigenvalue weighted by atomic mass is 10.0. The third kappa shape index (κ3) is 4.52. The van der Waals surface area contributed by atoms with Gasteiger partial charge in [-0.15, -0.1) is 0 Å². The van der Waals surface area contributed by atoms with E-state index in [0.29, 0.717) is 24.3 Å². The number of methoxy groups -OCH3 is 1. The maximum Gasteiger partial charge on any atom is 0.387 e. The van der Waals surface area contributed by atoms with Crippen LogP contribution < -0.4 is 25.6 Å². The molecule has 0 spiro atoms. The number of hydrazine groups is 1. The zero-order valence-electron chi connectivity index (χ0n) is 12.2. The predicted octanol–water partition coefficient (Wildman–Crippen LogP) is 1.50. The number of halogens is 2. The van der Waals surface area contributed by atoms with Gasteiger partial charge in [0.05, 0.1) is 7.11 Å². The van der Waals surface area contributed by atoms with Crippen LogP contribution in [0.25, 0.3) is 0 Å². The monoisotopic (exact) mass is 301 g/mol. The van der Waals surface area contributed by atoms with Gasteiger partial charge in [0.25, 0.3) is 0 Å². The molecule has 2 rings (SSSR count). The number of hydrogen-bond acceptors (Lipinski definition) is 5. The first-order valence-electron chi connectivity index (χ1n) is 6.91. The molecule has 0 aromatic heterocycles. The molecule has 2 atom stereocenters. The van der Waals surface area contributed by atoms with Gasteiger partial charge in [0.2, 0.25) is 0 Å². The number of rotatable bonds is 7. The van der Waals surface area contributed by atoms with E-state index in [1.807, 2.05) is 6.07 Å².